The molecule has 46 valence electrons. The zero-order valence-electron chi connectivity index (χ0n) is 4.72. The van der Waals surface area contributed by atoms with E-state index in [1.807, 2.05) is 6.92 Å². The van der Waals surface area contributed by atoms with Gasteiger partial charge in [0.25, 0.3) is 0 Å². The number of hydrogen-bond donors (Lipinski definition) is 2. The number of carbonyl (C=O) groups is 1. The molecule has 3 heteroatoms. The smallest absolute Gasteiger partial charge is 0.351 e. The minimum absolute atomic E-state index is 0.0764. The van der Waals surface area contributed by atoms with Crippen molar-refractivity contribution in [2.75, 3.05) is 0 Å². The first-order valence-electron chi connectivity index (χ1n) is 2.37. The van der Waals surface area contributed by atoms with Crippen LogP contribution < -0.4 is 5.73 Å². The van der Waals surface area contributed by atoms with Crippen molar-refractivity contribution in [1.82, 2.24) is 0 Å². The van der Waals surface area contributed by atoms with Gasteiger partial charge in [0.15, 0.2) is 0 Å². The maximum absolute atomic E-state index is 9.90. The zero-order valence-corrected chi connectivity index (χ0v) is 4.72. The van der Waals surface area contributed by atoms with Crippen molar-refractivity contribution in [2.24, 2.45) is 5.73 Å². The van der Waals surface area contributed by atoms with E-state index < -0.39 is 5.97 Å². The molecule has 0 radical (unpaired) electrons. The van der Waals surface area contributed by atoms with Crippen molar-refractivity contribution in [3.05, 3.63) is 11.8 Å². The molecule has 0 fully saturated rings. The average Bonchev–Trinajstić information content (AvgIpc) is 1.67. The molecule has 0 heterocycles. The highest BCUT2D eigenvalue weighted by Gasteiger charge is 1.96. The Hall–Kier alpha value is -0.990. The van der Waals surface area contributed by atoms with Crippen LogP contribution in [0.25, 0.3) is 0 Å². The number of allylic oxidation sites excluding steroid dienone is 1. The van der Waals surface area contributed by atoms with Crippen LogP contribution in [0.2, 0.25) is 0 Å². The Bertz CT molecular complexity index is 118. The monoisotopic (exact) mass is 115 g/mol. The summed E-state index contributed by atoms with van der Waals surface area (Å²) >= 11 is 0. The normalized spacial score (nSPS) is 11.4. The molecule has 0 bridgehead atoms. The average molecular weight is 115 g/mol. The second-order valence-electron chi connectivity index (χ2n) is 1.37. The molecule has 0 amide bonds. The van der Waals surface area contributed by atoms with E-state index in [-0.39, 0.29) is 5.70 Å². The minimum atomic E-state index is -1.05. The van der Waals surface area contributed by atoms with Crippen LogP contribution in [0.5, 0.6) is 0 Å². The van der Waals surface area contributed by atoms with E-state index in [9.17, 15) is 4.79 Å². The summed E-state index contributed by atoms with van der Waals surface area (Å²) < 4.78 is 0. The molecular weight excluding hydrogens is 106 g/mol. The molecule has 0 atom stereocenters. The van der Waals surface area contributed by atoms with Crippen LogP contribution >= 0.6 is 0 Å². The fraction of sp³-hybridized carbons (Fsp3) is 0.400. The number of hydrogen-bond acceptors (Lipinski definition) is 2. The summed E-state index contributed by atoms with van der Waals surface area (Å²) in [4.78, 5) is 9.90. The first-order chi connectivity index (χ1) is 3.68. The molecule has 0 aliphatic carbocycles. The molecule has 8 heavy (non-hydrogen) atoms. The van der Waals surface area contributed by atoms with Crippen molar-refractivity contribution in [1.29, 1.82) is 0 Å². The molecular formula is C5H9NO2. The van der Waals surface area contributed by atoms with Gasteiger partial charge in [-0.2, -0.15) is 0 Å². The lowest BCUT2D eigenvalue weighted by atomic mass is 10.3. The predicted octanol–water partition coefficient (Wildman–Crippen LogP) is 0.324. The van der Waals surface area contributed by atoms with Gasteiger partial charge < -0.3 is 10.8 Å². The van der Waals surface area contributed by atoms with Crippen molar-refractivity contribution >= 4 is 5.97 Å². The van der Waals surface area contributed by atoms with Gasteiger partial charge in [0.1, 0.15) is 5.70 Å². The Labute approximate surface area is 47.8 Å². The molecule has 0 spiro atoms. The van der Waals surface area contributed by atoms with E-state index in [4.69, 9.17) is 10.8 Å². The van der Waals surface area contributed by atoms with Gasteiger partial charge >= 0.3 is 5.97 Å². The molecule has 0 unspecified atom stereocenters. The van der Waals surface area contributed by atoms with E-state index >= 15 is 0 Å². The highest BCUT2D eigenvalue weighted by Crippen LogP contribution is 1.85. The van der Waals surface area contributed by atoms with E-state index in [0.29, 0.717) is 6.42 Å². The molecule has 0 aromatic heterocycles. The number of aliphatic carboxylic acids is 1. The summed E-state index contributed by atoms with van der Waals surface area (Å²) in [6.45, 7) is 1.83. The Balaban J connectivity index is 3.80. The van der Waals surface area contributed by atoms with Crippen LogP contribution in [-0.2, 0) is 4.79 Å². The number of carboxylic acid groups (broad SMARTS) is 1. The summed E-state index contributed by atoms with van der Waals surface area (Å²) in [6.07, 6.45) is 2.13. The lowest BCUT2D eigenvalue weighted by Gasteiger charge is -1.87. The Morgan fingerprint density at radius 2 is 2.38 bits per heavy atom. The quantitative estimate of drug-likeness (QED) is 0.509. The molecule has 3 N–H and O–H groups in total. The molecule has 0 rings (SSSR count). The molecule has 0 saturated carbocycles. The zero-order chi connectivity index (χ0) is 6.57. The van der Waals surface area contributed by atoms with Crippen molar-refractivity contribution in [3.63, 3.8) is 0 Å². The summed E-state index contributed by atoms with van der Waals surface area (Å²) in [5, 5.41) is 8.12. The van der Waals surface area contributed by atoms with E-state index in [1.165, 1.54) is 6.08 Å². The van der Waals surface area contributed by atoms with E-state index in [1.54, 1.807) is 0 Å². The molecule has 0 saturated heterocycles. The van der Waals surface area contributed by atoms with E-state index in [2.05, 4.69) is 0 Å². The maximum atomic E-state index is 9.90. The lowest BCUT2D eigenvalue weighted by molar-refractivity contribution is -0.132. The van der Waals surface area contributed by atoms with Crippen LogP contribution in [-0.4, -0.2) is 11.1 Å². The molecule has 0 aliphatic heterocycles. The summed E-state index contributed by atoms with van der Waals surface area (Å²) in [7, 11) is 0. The minimum Gasteiger partial charge on any atom is -0.477 e. The van der Waals surface area contributed by atoms with Crippen LogP contribution in [0, 0.1) is 0 Å². The Kier molecular flexibility index (Phi) is 2.69. The topological polar surface area (TPSA) is 63.3 Å². The number of carboxylic acids is 1. The standard InChI is InChI=1S/C5H9NO2/c1-2-3-4(6)5(7)8/h3H,2,6H2,1H3,(H,7,8)/b4-3-. The third-order valence-corrected chi connectivity index (χ3v) is 0.671. The van der Waals surface area contributed by atoms with Gasteiger partial charge in [-0.25, -0.2) is 4.79 Å². The molecule has 0 aromatic rings. The predicted molar refractivity (Wildman–Crippen MR) is 30.2 cm³/mol. The number of rotatable bonds is 2. The van der Waals surface area contributed by atoms with Gasteiger partial charge in [0.05, 0.1) is 0 Å². The van der Waals surface area contributed by atoms with Crippen molar-refractivity contribution in [2.45, 2.75) is 13.3 Å². The fourth-order valence-electron chi connectivity index (χ4n) is 0.307. The van der Waals surface area contributed by atoms with Crippen LogP contribution in [0.1, 0.15) is 13.3 Å². The highest BCUT2D eigenvalue weighted by atomic mass is 16.4. The maximum Gasteiger partial charge on any atom is 0.351 e. The van der Waals surface area contributed by atoms with Crippen molar-refractivity contribution in [3.8, 4) is 0 Å². The fourth-order valence-corrected chi connectivity index (χ4v) is 0.307. The van der Waals surface area contributed by atoms with Crippen LogP contribution in [0.15, 0.2) is 11.8 Å². The number of nitrogens with two attached hydrogens (primary N) is 1. The van der Waals surface area contributed by atoms with Gasteiger partial charge in [-0.15, -0.1) is 0 Å². The van der Waals surface area contributed by atoms with Gasteiger partial charge in [-0.3, -0.25) is 0 Å². The van der Waals surface area contributed by atoms with Crippen molar-refractivity contribution < 1.29 is 9.90 Å². The third-order valence-electron chi connectivity index (χ3n) is 0.671. The summed E-state index contributed by atoms with van der Waals surface area (Å²) in [6, 6.07) is 0. The lowest BCUT2D eigenvalue weighted by Crippen LogP contribution is -2.09. The second-order valence-corrected chi connectivity index (χ2v) is 1.37. The van der Waals surface area contributed by atoms with Crippen LogP contribution in [0.4, 0.5) is 0 Å². The van der Waals surface area contributed by atoms with E-state index in [0.717, 1.165) is 0 Å². The third kappa shape index (κ3) is 2.23. The van der Waals surface area contributed by atoms with Gasteiger partial charge in [0.2, 0.25) is 0 Å². The van der Waals surface area contributed by atoms with Gasteiger partial charge in [-0.05, 0) is 6.42 Å². The van der Waals surface area contributed by atoms with Gasteiger partial charge in [0, 0.05) is 0 Å². The summed E-state index contributed by atoms with van der Waals surface area (Å²) in [5.74, 6) is -1.05. The summed E-state index contributed by atoms with van der Waals surface area (Å²) in [5.41, 5.74) is 4.91. The second kappa shape index (κ2) is 3.07. The highest BCUT2D eigenvalue weighted by molar-refractivity contribution is 5.85. The molecule has 0 aromatic carbocycles. The molecule has 3 nitrogen and oxygen atoms in total. The first kappa shape index (κ1) is 7.01. The Morgan fingerprint density at radius 3 is 2.50 bits per heavy atom. The Morgan fingerprint density at radius 1 is 1.88 bits per heavy atom. The first-order valence-corrected chi connectivity index (χ1v) is 2.37. The van der Waals surface area contributed by atoms with Crippen LogP contribution in [0.3, 0.4) is 0 Å². The molecule has 0 aliphatic rings. The SMILES string of the molecule is CC/C=C(\N)C(=O)O. The van der Waals surface area contributed by atoms with Gasteiger partial charge in [-0.1, -0.05) is 13.0 Å². The largest absolute Gasteiger partial charge is 0.477 e.